The molecule has 2 N–H and O–H groups in total. The van der Waals surface area contributed by atoms with E-state index in [9.17, 15) is 9.59 Å². The Hall–Kier alpha value is -3.74. The molecule has 1 aliphatic rings. The van der Waals surface area contributed by atoms with Crippen LogP contribution in [0, 0.1) is 6.92 Å². The number of hydrogen-bond donors (Lipinski definition) is 2. The van der Waals surface area contributed by atoms with Crippen molar-refractivity contribution in [3.63, 3.8) is 0 Å². The fraction of sp³-hybridized carbons (Fsp3) is 0.333. The summed E-state index contributed by atoms with van der Waals surface area (Å²) < 4.78 is 2.26. The third-order valence-electron chi connectivity index (χ3n) is 6.65. The van der Waals surface area contributed by atoms with Crippen molar-refractivity contribution >= 4 is 22.7 Å². The molecule has 34 heavy (non-hydrogen) atoms. The lowest BCUT2D eigenvalue weighted by Crippen LogP contribution is -2.39. The highest BCUT2D eigenvalue weighted by atomic mass is 16.2. The van der Waals surface area contributed by atoms with Gasteiger partial charge in [0.1, 0.15) is 11.4 Å². The van der Waals surface area contributed by atoms with Crippen molar-refractivity contribution in [3.05, 3.63) is 71.7 Å². The Morgan fingerprint density at radius 3 is 2.79 bits per heavy atom. The lowest BCUT2D eigenvalue weighted by molar-refractivity contribution is 0.0915. The molecule has 2 unspecified atom stereocenters. The van der Waals surface area contributed by atoms with Gasteiger partial charge in [0.05, 0.1) is 11.0 Å². The Labute approximate surface area is 198 Å². The number of H-pyrrole nitrogens is 1. The highest BCUT2D eigenvalue weighted by Crippen LogP contribution is 2.36. The van der Waals surface area contributed by atoms with E-state index in [0.29, 0.717) is 17.7 Å². The maximum Gasteiger partial charge on any atom is 0.267 e. The Balaban J connectivity index is 1.49. The summed E-state index contributed by atoms with van der Waals surface area (Å²) in [4.78, 5) is 37.6. The van der Waals surface area contributed by atoms with Crippen LogP contribution < -0.4 is 5.32 Å². The molecule has 174 valence electrons. The van der Waals surface area contributed by atoms with E-state index in [-0.39, 0.29) is 23.8 Å². The van der Waals surface area contributed by atoms with Gasteiger partial charge in [-0.25, -0.2) is 4.98 Å². The molecule has 7 heteroatoms. The number of hydrogen-bond acceptors (Lipinski definition) is 4. The van der Waals surface area contributed by atoms with Crippen LogP contribution in [0.15, 0.2) is 54.9 Å². The fourth-order valence-electron chi connectivity index (χ4n) is 4.95. The van der Waals surface area contributed by atoms with Crippen LogP contribution in [0.3, 0.4) is 0 Å². The molecule has 3 heterocycles. The van der Waals surface area contributed by atoms with Crippen molar-refractivity contribution in [1.82, 2.24) is 24.8 Å². The summed E-state index contributed by atoms with van der Waals surface area (Å²) in [6.45, 7) is 3.84. The zero-order valence-corrected chi connectivity index (χ0v) is 19.5. The average Bonchev–Trinajstić information content (AvgIpc) is 3.47. The van der Waals surface area contributed by atoms with Crippen LogP contribution in [-0.2, 0) is 0 Å². The topological polar surface area (TPSA) is 92.7 Å². The molecule has 7 nitrogen and oxygen atoms in total. The SMILES string of the molecule is CCC(=O)c1ccc2c(c1)nc(-c1ccccn1)n2C1CCCC(NC(=O)c2cc(C)c[nH]2)C1. The Kier molecular flexibility index (Phi) is 6.01. The van der Waals surface area contributed by atoms with Gasteiger partial charge in [-0.2, -0.15) is 0 Å². The third kappa shape index (κ3) is 4.25. The summed E-state index contributed by atoms with van der Waals surface area (Å²) in [5.41, 5.74) is 4.91. The van der Waals surface area contributed by atoms with Gasteiger partial charge in [0.2, 0.25) is 0 Å². The molecule has 4 aromatic rings. The summed E-state index contributed by atoms with van der Waals surface area (Å²) in [6, 6.07) is 13.7. The smallest absolute Gasteiger partial charge is 0.267 e. The molecule has 0 bridgehead atoms. The highest BCUT2D eigenvalue weighted by Gasteiger charge is 2.29. The van der Waals surface area contributed by atoms with Crippen LogP contribution in [0.4, 0.5) is 0 Å². The lowest BCUT2D eigenvalue weighted by atomic mass is 9.90. The first-order valence-electron chi connectivity index (χ1n) is 12.0. The molecule has 2 atom stereocenters. The monoisotopic (exact) mass is 455 g/mol. The molecule has 3 aromatic heterocycles. The molecule has 1 fully saturated rings. The molecule has 0 saturated heterocycles. The maximum atomic E-state index is 12.7. The number of nitrogens with zero attached hydrogens (tertiary/aromatic N) is 3. The Morgan fingerprint density at radius 2 is 2.06 bits per heavy atom. The third-order valence-corrected chi connectivity index (χ3v) is 6.65. The summed E-state index contributed by atoms with van der Waals surface area (Å²) in [5.74, 6) is 0.839. The van der Waals surface area contributed by atoms with E-state index in [4.69, 9.17) is 4.98 Å². The second-order valence-corrected chi connectivity index (χ2v) is 9.08. The van der Waals surface area contributed by atoms with Gasteiger partial charge in [0, 0.05) is 36.5 Å². The molecule has 1 aliphatic carbocycles. The first-order valence-corrected chi connectivity index (χ1v) is 12.0. The van der Waals surface area contributed by atoms with Crippen molar-refractivity contribution in [3.8, 4) is 11.5 Å². The van der Waals surface area contributed by atoms with Crippen LogP contribution in [0.2, 0.25) is 0 Å². The minimum Gasteiger partial charge on any atom is -0.357 e. The molecule has 0 spiro atoms. The van der Waals surface area contributed by atoms with E-state index >= 15 is 0 Å². The predicted molar refractivity (Wildman–Crippen MR) is 132 cm³/mol. The number of aryl methyl sites for hydroxylation is 1. The number of aromatic amines is 1. The van der Waals surface area contributed by atoms with Gasteiger partial charge in [-0.05, 0) is 74.6 Å². The fourth-order valence-corrected chi connectivity index (χ4v) is 4.95. The van der Waals surface area contributed by atoms with E-state index < -0.39 is 0 Å². The maximum absolute atomic E-state index is 12.7. The first kappa shape index (κ1) is 22.1. The number of Topliss-reactive ketones (excluding diaryl/α,β-unsaturated/α-hetero) is 1. The number of carbonyl (C=O) groups excluding carboxylic acids is 2. The van der Waals surface area contributed by atoms with Gasteiger partial charge in [-0.15, -0.1) is 0 Å². The van der Waals surface area contributed by atoms with Gasteiger partial charge in [-0.1, -0.05) is 13.0 Å². The van der Waals surface area contributed by atoms with Gasteiger partial charge in [0.25, 0.3) is 5.91 Å². The molecule has 0 radical (unpaired) electrons. The van der Waals surface area contributed by atoms with Crippen molar-refractivity contribution in [2.24, 2.45) is 0 Å². The van der Waals surface area contributed by atoms with E-state index in [0.717, 1.165) is 53.8 Å². The second-order valence-electron chi connectivity index (χ2n) is 9.08. The normalized spacial score (nSPS) is 18.2. The number of amides is 1. The van der Waals surface area contributed by atoms with Crippen molar-refractivity contribution in [1.29, 1.82) is 0 Å². The van der Waals surface area contributed by atoms with E-state index in [2.05, 4.69) is 19.9 Å². The quantitative estimate of drug-likeness (QED) is 0.389. The van der Waals surface area contributed by atoms with E-state index in [1.54, 1.807) is 6.20 Å². The lowest BCUT2D eigenvalue weighted by Gasteiger charge is -2.32. The van der Waals surface area contributed by atoms with Gasteiger partial charge in [-0.3, -0.25) is 14.6 Å². The minimum absolute atomic E-state index is 0.0677. The van der Waals surface area contributed by atoms with Crippen molar-refractivity contribution in [2.75, 3.05) is 0 Å². The standard InChI is InChI=1S/C27H29N5O2/c1-3-25(33)18-10-11-24-22(14-18)31-26(21-9-4-5-12-28-21)32(24)20-8-6-7-19(15-20)30-27(34)23-13-17(2)16-29-23/h4-5,9-14,16,19-20,29H,3,6-8,15H2,1-2H3,(H,30,34). The van der Waals surface area contributed by atoms with Crippen LogP contribution in [0.25, 0.3) is 22.6 Å². The summed E-state index contributed by atoms with van der Waals surface area (Å²) in [7, 11) is 0. The predicted octanol–water partition coefficient (Wildman–Crippen LogP) is 5.24. The van der Waals surface area contributed by atoms with E-state index in [1.165, 1.54) is 0 Å². The zero-order valence-electron chi connectivity index (χ0n) is 19.5. The number of benzene rings is 1. The second kappa shape index (κ2) is 9.25. The molecule has 1 saturated carbocycles. The van der Waals surface area contributed by atoms with Gasteiger partial charge >= 0.3 is 0 Å². The molecular weight excluding hydrogens is 426 g/mol. The van der Waals surface area contributed by atoms with Crippen molar-refractivity contribution < 1.29 is 9.59 Å². The zero-order chi connectivity index (χ0) is 23.7. The number of nitrogens with one attached hydrogen (secondary N) is 2. The number of imidazole rings is 1. The number of ketones is 1. The number of aromatic nitrogens is 4. The van der Waals surface area contributed by atoms with Gasteiger partial charge < -0.3 is 14.9 Å². The molecule has 0 aliphatic heterocycles. The van der Waals surface area contributed by atoms with Crippen molar-refractivity contribution in [2.45, 2.75) is 58.0 Å². The summed E-state index contributed by atoms with van der Waals surface area (Å²) in [6.07, 6.45) is 7.83. The first-order chi connectivity index (χ1) is 16.5. The van der Waals surface area contributed by atoms with Crippen LogP contribution in [-0.4, -0.2) is 37.3 Å². The van der Waals surface area contributed by atoms with Crippen LogP contribution in [0.5, 0.6) is 0 Å². The molecule has 5 rings (SSSR count). The number of fused-ring (bicyclic) bond motifs is 1. The molecule has 1 amide bonds. The van der Waals surface area contributed by atoms with Gasteiger partial charge in [0.15, 0.2) is 11.6 Å². The largest absolute Gasteiger partial charge is 0.357 e. The number of pyridine rings is 1. The number of carbonyl (C=O) groups is 2. The molecule has 1 aromatic carbocycles. The summed E-state index contributed by atoms with van der Waals surface area (Å²) >= 11 is 0. The van der Waals surface area contributed by atoms with Crippen LogP contribution in [0.1, 0.15) is 71.5 Å². The minimum atomic E-state index is -0.0677. The van der Waals surface area contributed by atoms with E-state index in [1.807, 2.05) is 62.5 Å². The Morgan fingerprint density at radius 1 is 1.18 bits per heavy atom. The average molecular weight is 456 g/mol. The summed E-state index contributed by atoms with van der Waals surface area (Å²) in [5, 5.41) is 3.22. The molecular formula is C27H29N5O2. The highest BCUT2D eigenvalue weighted by molar-refractivity contribution is 5.99. The van der Waals surface area contributed by atoms with Crippen LogP contribution >= 0.6 is 0 Å². The number of rotatable bonds is 6. The Bertz CT molecular complexity index is 1340.